The zero-order chi connectivity index (χ0) is 13.7. The summed E-state index contributed by atoms with van der Waals surface area (Å²) >= 11 is 1.40. The van der Waals surface area contributed by atoms with E-state index in [0.717, 1.165) is 5.69 Å². The average Bonchev–Trinajstić information content (AvgIpc) is 2.46. The van der Waals surface area contributed by atoms with Crippen molar-refractivity contribution in [2.45, 2.75) is 6.04 Å². The summed E-state index contributed by atoms with van der Waals surface area (Å²) in [5.41, 5.74) is 1.27. The molecule has 2 aromatic rings. The zero-order valence-electron chi connectivity index (χ0n) is 10.5. The van der Waals surface area contributed by atoms with E-state index in [4.69, 9.17) is 0 Å². The maximum Gasteiger partial charge on any atom is 0.155 e. The second-order valence-corrected chi connectivity index (χ2v) is 4.66. The van der Waals surface area contributed by atoms with Gasteiger partial charge in [-0.15, -0.1) is 0 Å². The van der Waals surface area contributed by atoms with Crippen molar-refractivity contribution in [3.63, 3.8) is 0 Å². The SMILES string of the molecule is CSN(c1ccccc1)C(C#N)c1ccccc1F. The second kappa shape index (κ2) is 6.26. The Balaban J connectivity index is 2.41. The molecule has 0 bridgehead atoms. The van der Waals surface area contributed by atoms with Gasteiger partial charge in [0, 0.05) is 17.5 Å². The predicted molar refractivity (Wildman–Crippen MR) is 77.2 cm³/mol. The number of hydrogen-bond donors (Lipinski definition) is 0. The van der Waals surface area contributed by atoms with Crippen molar-refractivity contribution in [3.05, 3.63) is 66.0 Å². The number of rotatable bonds is 4. The Morgan fingerprint density at radius 2 is 1.74 bits per heavy atom. The first kappa shape index (κ1) is 13.4. The van der Waals surface area contributed by atoms with Crippen molar-refractivity contribution in [1.82, 2.24) is 0 Å². The van der Waals surface area contributed by atoms with Gasteiger partial charge in [0.2, 0.25) is 0 Å². The number of benzene rings is 2. The fourth-order valence-electron chi connectivity index (χ4n) is 1.88. The van der Waals surface area contributed by atoms with Gasteiger partial charge >= 0.3 is 0 Å². The number of para-hydroxylation sites is 1. The first-order chi connectivity index (χ1) is 9.27. The van der Waals surface area contributed by atoms with Gasteiger partial charge in [0.15, 0.2) is 6.04 Å². The third-order valence-electron chi connectivity index (χ3n) is 2.76. The topological polar surface area (TPSA) is 27.0 Å². The maximum absolute atomic E-state index is 13.9. The Labute approximate surface area is 116 Å². The molecule has 2 rings (SSSR count). The van der Waals surface area contributed by atoms with Crippen LogP contribution in [0.3, 0.4) is 0 Å². The van der Waals surface area contributed by atoms with Crippen LogP contribution in [0, 0.1) is 17.1 Å². The summed E-state index contributed by atoms with van der Waals surface area (Å²) in [6, 6.07) is 17.4. The van der Waals surface area contributed by atoms with Gasteiger partial charge in [-0.05, 0) is 18.2 Å². The van der Waals surface area contributed by atoms with Gasteiger partial charge in [-0.3, -0.25) is 4.31 Å². The molecule has 2 nitrogen and oxygen atoms in total. The highest BCUT2D eigenvalue weighted by Crippen LogP contribution is 2.32. The summed E-state index contributed by atoms with van der Waals surface area (Å²) in [7, 11) is 0. The highest BCUT2D eigenvalue weighted by Gasteiger charge is 2.22. The van der Waals surface area contributed by atoms with E-state index in [1.165, 1.54) is 18.0 Å². The smallest absolute Gasteiger partial charge is 0.155 e. The molecular weight excluding hydrogens is 259 g/mol. The van der Waals surface area contributed by atoms with Crippen LogP contribution in [0.15, 0.2) is 54.6 Å². The van der Waals surface area contributed by atoms with E-state index in [9.17, 15) is 9.65 Å². The van der Waals surface area contributed by atoms with E-state index in [0.29, 0.717) is 5.56 Å². The third kappa shape index (κ3) is 2.88. The molecule has 4 heteroatoms. The predicted octanol–water partition coefficient (Wildman–Crippen LogP) is 4.17. The van der Waals surface area contributed by atoms with Crippen LogP contribution in [-0.4, -0.2) is 6.26 Å². The lowest BCUT2D eigenvalue weighted by Gasteiger charge is -2.27. The molecule has 19 heavy (non-hydrogen) atoms. The molecule has 0 N–H and O–H groups in total. The van der Waals surface area contributed by atoms with Gasteiger partial charge in [-0.25, -0.2) is 4.39 Å². The zero-order valence-corrected chi connectivity index (χ0v) is 11.3. The monoisotopic (exact) mass is 272 g/mol. The fraction of sp³-hybridized carbons (Fsp3) is 0.133. The molecule has 2 aromatic carbocycles. The molecule has 0 heterocycles. The highest BCUT2D eigenvalue weighted by molar-refractivity contribution is 8.00. The van der Waals surface area contributed by atoms with Crippen molar-refractivity contribution < 1.29 is 4.39 Å². The molecule has 0 aliphatic rings. The molecule has 0 radical (unpaired) electrons. The van der Waals surface area contributed by atoms with Crippen molar-refractivity contribution in [3.8, 4) is 6.07 Å². The van der Waals surface area contributed by atoms with Crippen molar-refractivity contribution in [1.29, 1.82) is 5.26 Å². The summed E-state index contributed by atoms with van der Waals surface area (Å²) in [5.74, 6) is -0.357. The van der Waals surface area contributed by atoms with Crippen molar-refractivity contribution in [2.75, 3.05) is 10.6 Å². The van der Waals surface area contributed by atoms with Gasteiger partial charge < -0.3 is 0 Å². The van der Waals surface area contributed by atoms with Crippen LogP contribution in [-0.2, 0) is 0 Å². The molecule has 0 spiro atoms. The Morgan fingerprint density at radius 1 is 1.11 bits per heavy atom. The van der Waals surface area contributed by atoms with E-state index in [1.807, 2.05) is 36.6 Å². The fourth-order valence-corrected chi connectivity index (χ4v) is 2.58. The average molecular weight is 272 g/mol. The largest absolute Gasteiger partial charge is 0.295 e. The highest BCUT2D eigenvalue weighted by atomic mass is 32.2. The van der Waals surface area contributed by atoms with Gasteiger partial charge in [0.05, 0.1) is 6.07 Å². The summed E-state index contributed by atoms with van der Waals surface area (Å²) < 4.78 is 15.7. The standard InChI is InChI=1S/C15H13FN2S/c1-19-18(12-7-3-2-4-8-12)15(11-17)13-9-5-6-10-14(13)16/h2-10,15H,1H3. The molecule has 0 aliphatic carbocycles. The Morgan fingerprint density at radius 3 is 2.32 bits per heavy atom. The Bertz CT molecular complexity index is 580. The van der Waals surface area contributed by atoms with E-state index >= 15 is 0 Å². The lowest BCUT2D eigenvalue weighted by molar-refractivity contribution is 0.604. The number of halogens is 1. The summed E-state index contributed by atoms with van der Waals surface area (Å²) in [4.78, 5) is 0. The van der Waals surface area contributed by atoms with E-state index < -0.39 is 6.04 Å². The lowest BCUT2D eigenvalue weighted by Crippen LogP contribution is -2.21. The molecule has 0 fully saturated rings. The molecular formula is C15H13FN2S. The van der Waals surface area contributed by atoms with Crippen LogP contribution < -0.4 is 4.31 Å². The quantitative estimate of drug-likeness (QED) is 0.781. The van der Waals surface area contributed by atoms with Crippen LogP contribution >= 0.6 is 11.9 Å². The normalized spacial score (nSPS) is 11.6. The molecule has 0 saturated carbocycles. The summed E-state index contributed by atoms with van der Waals surface area (Å²) in [6.45, 7) is 0. The second-order valence-electron chi connectivity index (χ2n) is 3.90. The molecule has 0 aliphatic heterocycles. The van der Waals surface area contributed by atoms with Crippen molar-refractivity contribution >= 4 is 17.6 Å². The Kier molecular flexibility index (Phi) is 4.43. The van der Waals surface area contributed by atoms with E-state index in [2.05, 4.69) is 6.07 Å². The van der Waals surface area contributed by atoms with E-state index in [1.54, 1.807) is 22.5 Å². The number of hydrogen-bond acceptors (Lipinski definition) is 3. The van der Waals surface area contributed by atoms with Gasteiger partial charge in [-0.2, -0.15) is 5.26 Å². The van der Waals surface area contributed by atoms with Gasteiger partial charge in [0.1, 0.15) is 5.82 Å². The van der Waals surface area contributed by atoms with Crippen LogP contribution in [0.1, 0.15) is 11.6 Å². The van der Waals surface area contributed by atoms with Crippen LogP contribution in [0.4, 0.5) is 10.1 Å². The number of nitriles is 1. The van der Waals surface area contributed by atoms with Gasteiger partial charge in [0.25, 0.3) is 0 Å². The molecule has 1 atom stereocenters. The number of nitrogens with zero attached hydrogens (tertiary/aromatic N) is 2. The molecule has 0 aromatic heterocycles. The maximum atomic E-state index is 13.9. The minimum atomic E-state index is -0.654. The first-order valence-electron chi connectivity index (χ1n) is 5.80. The van der Waals surface area contributed by atoms with Crippen LogP contribution in [0.5, 0.6) is 0 Å². The van der Waals surface area contributed by atoms with Crippen molar-refractivity contribution in [2.24, 2.45) is 0 Å². The van der Waals surface area contributed by atoms with Crippen LogP contribution in [0.25, 0.3) is 0 Å². The van der Waals surface area contributed by atoms with E-state index in [-0.39, 0.29) is 5.82 Å². The van der Waals surface area contributed by atoms with Crippen LogP contribution in [0.2, 0.25) is 0 Å². The molecule has 0 amide bonds. The lowest BCUT2D eigenvalue weighted by atomic mass is 10.1. The molecule has 0 saturated heterocycles. The van der Waals surface area contributed by atoms with Gasteiger partial charge in [-0.1, -0.05) is 48.3 Å². The number of anilines is 1. The molecule has 96 valence electrons. The minimum absolute atomic E-state index is 0.357. The summed E-state index contributed by atoms with van der Waals surface area (Å²) in [5, 5.41) is 9.40. The molecule has 1 unspecified atom stereocenters. The third-order valence-corrected chi connectivity index (χ3v) is 3.58. The minimum Gasteiger partial charge on any atom is -0.295 e. The summed E-state index contributed by atoms with van der Waals surface area (Å²) in [6.07, 6.45) is 1.87. The Hall–Kier alpha value is -1.99. The first-order valence-corrected chi connectivity index (χ1v) is 6.98.